The van der Waals surface area contributed by atoms with Crippen LogP contribution in [0, 0.1) is 5.82 Å². The zero-order valence-electron chi connectivity index (χ0n) is 10.4. The molecule has 1 aromatic heterocycles. The van der Waals surface area contributed by atoms with Gasteiger partial charge in [0.1, 0.15) is 5.82 Å². The van der Waals surface area contributed by atoms with Crippen molar-refractivity contribution >= 4 is 22.7 Å². The second-order valence-electron chi connectivity index (χ2n) is 4.32. The summed E-state index contributed by atoms with van der Waals surface area (Å²) in [6, 6.07) is 7.01. The molecule has 96 valence electrons. The van der Waals surface area contributed by atoms with E-state index in [-0.39, 0.29) is 11.9 Å². The molecule has 1 heterocycles. The highest BCUT2D eigenvalue weighted by atomic mass is 32.2. The van der Waals surface area contributed by atoms with Crippen molar-refractivity contribution in [1.82, 2.24) is 4.98 Å². The van der Waals surface area contributed by atoms with Crippen LogP contribution in [0.15, 0.2) is 30.5 Å². The number of nitrogens with zero attached hydrogens (tertiary/aromatic N) is 1. The molecule has 0 aliphatic rings. The number of aromatic nitrogens is 1. The van der Waals surface area contributed by atoms with Gasteiger partial charge in [-0.15, -0.1) is 0 Å². The van der Waals surface area contributed by atoms with Crippen LogP contribution < -0.4 is 5.73 Å². The van der Waals surface area contributed by atoms with Crippen molar-refractivity contribution in [2.24, 2.45) is 5.73 Å². The topological polar surface area (TPSA) is 38.9 Å². The second-order valence-corrected chi connectivity index (χ2v) is 5.35. The van der Waals surface area contributed by atoms with E-state index in [0.717, 1.165) is 34.4 Å². The Morgan fingerprint density at radius 3 is 3.06 bits per heavy atom. The number of nitrogens with two attached hydrogens (primary N) is 1. The molecule has 0 radical (unpaired) electrons. The van der Waals surface area contributed by atoms with Gasteiger partial charge >= 0.3 is 0 Å². The Bertz CT molecular complexity index is 530. The van der Waals surface area contributed by atoms with Gasteiger partial charge in [-0.05, 0) is 30.2 Å². The molecule has 2 rings (SSSR count). The lowest BCUT2D eigenvalue weighted by Crippen LogP contribution is -2.21. The molecule has 4 heteroatoms. The quantitative estimate of drug-likeness (QED) is 0.900. The highest BCUT2D eigenvalue weighted by Crippen LogP contribution is 2.23. The van der Waals surface area contributed by atoms with E-state index in [9.17, 15) is 4.39 Å². The minimum atomic E-state index is -0.203. The fourth-order valence-corrected chi connectivity index (χ4v) is 2.87. The minimum absolute atomic E-state index is 0.203. The number of pyridine rings is 1. The van der Waals surface area contributed by atoms with E-state index in [1.807, 2.05) is 12.1 Å². The number of halogens is 1. The second kappa shape index (κ2) is 6.16. The first kappa shape index (κ1) is 13.3. The molecule has 1 unspecified atom stereocenters. The molecule has 1 aromatic carbocycles. The van der Waals surface area contributed by atoms with Gasteiger partial charge in [0.2, 0.25) is 0 Å². The number of hydrogen-bond acceptors (Lipinski definition) is 3. The lowest BCUT2D eigenvalue weighted by Gasteiger charge is -2.09. The average molecular weight is 264 g/mol. The summed E-state index contributed by atoms with van der Waals surface area (Å²) in [6.07, 6.45) is 2.71. The number of thioether (sulfide) groups is 1. The standard InChI is InChI=1S/C14H17FN2S/c1-2-13(16)9-18-8-11-7-12(15)6-10-4-3-5-17-14(10)11/h3-7,13H,2,8-9,16H2,1H3. The van der Waals surface area contributed by atoms with Crippen molar-refractivity contribution in [2.45, 2.75) is 25.1 Å². The lowest BCUT2D eigenvalue weighted by atomic mass is 10.1. The number of benzene rings is 1. The highest BCUT2D eigenvalue weighted by Gasteiger charge is 2.06. The summed E-state index contributed by atoms with van der Waals surface area (Å²) in [5, 5.41) is 0.855. The predicted molar refractivity (Wildman–Crippen MR) is 76.1 cm³/mol. The molecular weight excluding hydrogens is 247 g/mol. The molecule has 2 aromatic rings. The van der Waals surface area contributed by atoms with Gasteiger partial charge in [-0.3, -0.25) is 4.98 Å². The van der Waals surface area contributed by atoms with Gasteiger partial charge in [-0.1, -0.05) is 13.0 Å². The molecule has 0 saturated carbocycles. The third-order valence-electron chi connectivity index (χ3n) is 2.86. The molecule has 18 heavy (non-hydrogen) atoms. The van der Waals surface area contributed by atoms with Crippen molar-refractivity contribution in [2.75, 3.05) is 5.75 Å². The van der Waals surface area contributed by atoms with Crippen molar-refractivity contribution in [3.63, 3.8) is 0 Å². The van der Waals surface area contributed by atoms with Gasteiger partial charge in [0.15, 0.2) is 0 Å². The van der Waals surface area contributed by atoms with Crippen molar-refractivity contribution in [3.05, 3.63) is 41.8 Å². The SMILES string of the molecule is CCC(N)CSCc1cc(F)cc2cccnc12. The molecule has 1 atom stereocenters. The summed E-state index contributed by atoms with van der Waals surface area (Å²) in [5.74, 6) is 1.44. The van der Waals surface area contributed by atoms with Gasteiger partial charge in [-0.25, -0.2) is 4.39 Å². The van der Waals surface area contributed by atoms with Crippen LogP contribution in [-0.2, 0) is 5.75 Å². The molecule has 0 bridgehead atoms. The van der Waals surface area contributed by atoms with Crippen molar-refractivity contribution < 1.29 is 4.39 Å². The third kappa shape index (κ3) is 3.21. The molecule has 0 saturated heterocycles. The summed E-state index contributed by atoms with van der Waals surface area (Å²) in [4.78, 5) is 4.33. The molecule has 0 aliphatic carbocycles. The summed E-state index contributed by atoms with van der Waals surface area (Å²) in [6.45, 7) is 2.07. The van der Waals surface area contributed by atoms with Crippen LogP contribution in [0.1, 0.15) is 18.9 Å². The maximum atomic E-state index is 13.5. The van der Waals surface area contributed by atoms with Crippen LogP contribution in [0.4, 0.5) is 4.39 Å². The van der Waals surface area contributed by atoms with Crippen LogP contribution in [0.3, 0.4) is 0 Å². The van der Waals surface area contributed by atoms with Gasteiger partial charge in [0.25, 0.3) is 0 Å². The maximum Gasteiger partial charge on any atom is 0.124 e. The van der Waals surface area contributed by atoms with Crippen LogP contribution in [0.2, 0.25) is 0 Å². The first-order valence-electron chi connectivity index (χ1n) is 6.07. The van der Waals surface area contributed by atoms with Crippen LogP contribution in [0.25, 0.3) is 10.9 Å². The Balaban J connectivity index is 2.17. The molecule has 0 aliphatic heterocycles. The highest BCUT2D eigenvalue weighted by molar-refractivity contribution is 7.98. The van der Waals surface area contributed by atoms with Crippen LogP contribution >= 0.6 is 11.8 Å². The number of fused-ring (bicyclic) bond motifs is 1. The van der Waals surface area contributed by atoms with E-state index < -0.39 is 0 Å². The molecule has 0 fully saturated rings. The fourth-order valence-electron chi connectivity index (χ4n) is 1.78. The Morgan fingerprint density at radius 1 is 1.44 bits per heavy atom. The van der Waals surface area contributed by atoms with E-state index in [1.165, 1.54) is 6.07 Å². The summed E-state index contributed by atoms with van der Waals surface area (Å²) in [5.41, 5.74) is 7.70. The van der Waals surface area contributed by atoms with Crippen LogP contribution in [0.5, 0.6) is 0 Å². The number of hydrogen-bond donors (Lipinski definition) is 1. The Labute approximate surface area is 111 Å². The Hall–Kier alpha value is -1.13. The lowest BCUT2D eigenvalue weighted by molar-refractivity contribution is 0.628. The normalized spacial score (nSPS) is 12.8. The zero-order valence-corrected chi connectivity index (χ0v) is 11.2. The van der Waals surface area contributed by atoms with Crippen molar-refractivity contribution in [3.8, 4) is 0 Å². The molecule has 0 spiro atoms. The van der Waals surface area contributed by atoms with Gasteiger partial charge < -0.3 is 5.73 Å². The van der Waals surface area contributed by atoms with E-state index in [4.69, 9.17) is 5.73 Å². The van der Waals surface area contributed by atoms with Crippen LogP contribution in [-0.4, -0.2) is 16.8 Å². The predicted octanol–water partition coefficient (Wildman–Crippen LogP) is 3.34. The van der Waals surface area contributed by atoms with E-state index in [2.05, 4.69) is 11.9 Å². The van der Waals surface area contributed by atoms with Gasteiger partial charge in [0.05, 0.1) is 5.52 Å². The third-order valence-corrected chi connectivity index (χ3v) is 4.04. The largest absolute Gasteiger partial charge is 0.327 e. The first-order valence-corrected chi connectivity index (χ1v) is 7.22. The summed E-state index contributed by atoms with van der Waals surface area (Å²) < 4.78 is 13.5. The molecule has 2 N–H and O–H groups in total. The smallest absolute Gasteiger partial charge is 0.124 e. The van der Waals surface area contributed by atoms with Crippen molar-refractivity contribution in [1.29, 1.82) is 0 Å². The average Bonchev–Trinajstić information content (AvgIpc) is 2.38. The number of rotatable bonds is 5. The first-order chi connectivity index (χ1) is 8.70. The van der Waals surface area contributed by atoms with Gasteiger partial charge in [0, 0.05) is 29.1 Å². The summed E-state index contributed by atoms with van der Waals surface area (Å²) >= 11 is 1.73. The monoisotopic (exact) mass is 264 g/mol. The Kier molecular flexibility index (Phi) is 4.55. The molecule has 0 amide bonds. The van der Waals surface area contributed by atoms with Gasteiger partial charge in [-0.2, -0.15) is 11.8 Å². The summed E-state index contributed by atoms with van der Waals surface area (Å²) in [7, 11) is 0. The van der Waals surface area contributed by atoms with E-state index in [0.29, 0.717) is 0 Å². The van der Waals surface area contributed by atoms with E-state index >= 15 is 0 Å². The minimum Gasteiger partial charge on any atom is -0.327 e. The Morgan fingerprint density at radius 2 is 2.28 bits per heavy atom. The fraction of sp³-hybridized carbons (Fsp3) is 0.357. The molecule has 2 nitrogen and oxygen atoms in total. The van der Waals surface area contributed by atoms with E-state index in [1.54, 1.807) is 24.0 Å². The molecular formula is C14H17FN2S. The zero-order chi connectivity index (χ0) is 13.0. The maximum absolute atomic E-state index is 13.5.